The van der Waals surface area contributed by atoms with Crippen LogP contribution in [0.1, 0.15) is 22.8 Å². The van der Waals surface area contributed by atoms with Gasteiger partial charge >= 0.3 is 0 Å². The van der Waals surface area contributed by atoms with Crippen LogP contribution in [0.25, 0.3) is 0 Å². The number of nitrogens with one attached hydrogen (secondary N) is 1. The number of carbonyl (C=O) groups is 1. The van der Waals surface area contributed by atoms with Gasteiger partial charge in [-0.25, -0.2) is 0 Å². The molecule has 0 saturated carbocycles. The number of aromatic amines is 1. The number of aromatic nitrogens is 1. The summed E-state index contributed by atoms with van der Waals surface area (Å²) in [5.41, 5.74) is 1.42. The van der Waals surface area contributed by atoms with Crippen molar-refractivity contribution in [2.24, 2.45) is 0 Å². The monoisotopic (exact) mass is 272 g/mol. The molecule has 1 amide bonds. The van der Waals surface area contributed by atoms with Crippen molar-refractivity contribution in [3.8, 4) is 5.75 Å². The van der Waals surface area contributed by atoms with Crippen LogP contribution in [0.4, 0.5) is 5.69 Å². The van der Waals surface area contributed by atoms with Crippen LogP contribution in [-0.4, -0.2) is 22.5 Å². The highest BCUT2D eigenvalue weighted by atomic mass is 16.3. The summed E-state index contributed by atoms with van der Waals surface area (Å²) in [6.07, 6.45) is 1.23. The minimum absolute atomic E-state index is 0.0768. The maximum atomic E-state index is 12.5. The molecule has 0 atom stereocenters. The fourth-order valence-electron chi connectivity index (χ4n) is 2.02. The lowest BCUT2D eigenvalue weighted by Gasteiger charge is -2.21. The molecule has 0 unspecified atom stereocenters. The molecule has 1 heterocycles. The van der Waals surface area contributed by atoms with Gasteiger partial charge < -0.3 is 15.0 Å². The van der Waals surface area contributed by atoms with E-state index in [4.69, 9.17) is 0 Å². The maximum Gasteiger partial charge on any atom is 0.263 e. The number of carbonyl (C=O) groups excluding carboxylic acids is 1. The van der Waals surface area contributed by atoms with Crippen LogP contribution < -0.4 is 10.5 Å². The van der Waals surface area contributed by atoms with E-state index in [9.17, 15) is 14.7 Å². The average molecular weight is 272 g/mol. The van der Waals surface area contributed by atoms with Gasteiger partial charge in [0.1, 0.15) is 5.75 Å². The van der Waals surface area contributed by atoms with E-state index in [0.29, 0.717) is 6.54 Å². The molecule has 2 N–H and O–H groups in total. The molecule has 0 radical (unpaired) electrons. The van der Waals surface area contributed by atoms with Gasteiger partial charge in [-0.05, 0) is 31.5 Å². The number of hydrogen-bond donors (Lipinski definition) is 2. The Morgan fingerprint density at radius 3 is 2.70 bits per heavy atom. The maximum absolute atomic E-state index is 12.5. The van der Waals surface area contributed by atoms with Gasteiger partial charge in [-0.2, -0.15) is 0 Å². The molecule has 1 aromatic heterocycles. The second-order valence-electron chi connectivity index (χ2n) is 4.48. The van der Waals surface area contributed by atoms with Gasteiger partial charge in [0.05, 0.1) is 5.56 Å². The highest BCUT2D eigenvalue weighted by Crippen LogP contribution is 2.21. The van der Waals surface area contributed by atoms with E-state index in [1.54, 1.807) is 4.90 Å². The second kappa shape index (κ2) is 5.61. The molecular weight excluding hydrogens is 256 g/mol. The Morgan fingerprint density at radius 1 is 1.35 bits per heavy atom. The molecule has 0 aliphatic heterocycles. The number of pyridine rings is 1. The minimum Gasteiger partial charge on any atom is -0.507 e. The zero-order valence-electron chi connectivity index (χ0n) is 11.4. The van der Waals surface area contributed by atoms with Crippen molar-refractivity contribution in [1.82, 2.24) is 4.98 Å². The molecule has 5 nitrogen and oxygen atoms in total. The van der Waals surface area contributed by atoms with Crippen molar-refractivity contribution in [3.05, 3.63) is 58.0 Å². The van der Waals surface area contributed by atoms with Crippen LogP contribution >= 0.6 is 0 Å². The molecular formula is C15H16N2O3. The van der Waals surface area contributed by atoms with Crippen LogP contribution in [0.3, 0.4) is 0 Å². The number of aryl methyl sites for hydroxylation is 1. The lowest BCUT2D eigenvalue weighted by atomic mass is 10.1. The summed E-state index contributed by atoms with van der Waals surface area (Å²) in [6.45, 7) is 4.25. The van der Waals surface area contributed by atoms with E-state index >= 15 is 0 Å². The first-order chi connectivity index (χ1) is 9.52. The number of amides is 1. The van der Waals surface area contributed by atoms with Gasteiger partial charge in [-0.3, -0.25) is 9.59 Å². The number of anilines is 1. The molecule has 0 spiro atoms. The van der Waals surface area contributed by atoms with Crippen molar-refractivity contribution < 1.29 is 9.90 Å². The number of H-pyrrole nitrogens is 1. The summed E-state index contributed by atoms with van der Waals surface area (Å²) in [7, 11) is 0. The minimum atomic E-state index is -0.447. The number of nitrogens with zero attached hydrogens (tertiary/aromatic N) is 1. The molecule has 20 heavy (non-hydrogen) atoms. The number of hydrogen-bond acceptors (Lipinski definition) is 3. The Morgan fingerprint density at radius 2 is 2.10 bits per heavy atom. The van der Waals surface area contributed by atoms with Crippen LogP contribution in [0.5, 0.6) is 5.75 Å². The number of aromatic hydroxyl groups is 1. The summed E-state index contributed by atoms with van der Waals surface area (Å²) in [4.78, 5) is 27.5. The molecule has 0 saturated heterocycles. The Hall–Kier alpha value is -2.56. The standard InChI is InChI=1S/C15H16N2O3/c1-3-17(11-6-4-5-10(2)7-11)15(20)12-9-16-14(19)8-13(12)18/h4-9H,3H2,1-2H3,(H2,16,18,19). The topological polar surface area (TPSA) is 73.4 Å². The third kappa shape index (κ3) is 2.71. The van der Waals surface area contributed by atoms with Gasteiger partial charge in [0.25, 0.3) is 11.5 Å². The number of benzene rings is 1. The largest absolute Gasteiger partial charge is 0.507 e. The van der Waals surface area contributed by atoms with Crippen molar-refractivity contribution >= 4 is 11.6 Å². The summed E-state index contributed by atoms with van der Waals surface area (Å²) in [6, 6.07) is 8.53. The van der Waals surface area contributed by atoms with E-state index in [1.807, 2.05) is 38.1 Å². The van der Waals surface area contributed by atoms with Crippen LogP contribution in [0, 0.1) is 6.92 Å². The van der Waals surface area contributed by atoms with E-state index in [2.05, 4.69) is 4.98 Å². The highest BCUT2D eigenvalue weighted by Gasteiger charge is 2.19. The van der Waals surface area contributed by atoms with Crippen molar-refractivity contribution in [1.29, 1.82) is 0 Å². The Kier molecular flexibility index (Phi) is 3.89. The molecule has 2 rings (SSSR count). The zero-order valence-corrected chi connectivity index (χ0v) is 11.4. The van der Waals surface area contributed by atoms with Gasteiger partial charge in [0, 0.05) is 24.5 Å². The fraction of sp³-hybridized carbons (Fsp3) is 0.200. The lowest BCUT2D eigenvalue weighted by Crippen LogP contribution is -2.31. The van der Waals surface area contributed by atoms with Gasteiger partial charge in [-0.1, -0.05) is 12.1 Å². The van der Waals surface area contributed by atoms with Crippen molar-refractivity contribution in [2.45, 2.75) is 13.8 Å². The zero-order chi connectivity index (χ0) is 14.7. The Bertz CT molecular complexity index is 692. The summed E-state index contributed by atoms with van der Waals surface area (Å²) in [5.74, 6) is -0.670. The van der Waals surface area contributed by atoms with Gasteiger partial charge in [-0.15, -0.1) is 0 Å². The third-order valence-electron chi connectivity index (χ3n) is 3.01. The van der Waals surface area contributed by atoms with Crippen LogP contribution in [0.2, 0.25) is 0 Å². The normalized spacial score (nSPS) is 10.3. The van der Waals surface area contributed by atoms with Crippen molar-refractivity contribution in [3.63, 3.8) is 0 Å². The third-order valence-corrected chi connectivity index (χ3v) is 3.01. The summed E-state index contributed by atoms with van der Waals surface area (Å²) >= 11 is 0. The second-order valence-corrected chi connectivity index (χ2v) is 4.48. The van der Waals surface area contributed by atoms with E-state index < -0.39 is 5.56 Å². The molecule has 1 aromatic carbocycles. The van der Waals surface area contributed by atoms with E-state index in [-0.39, 0.29) is 17.2 Å². The number of rotatable bonds is 3. The van der Waals surface area contributed by atoms with Gasteiger partial charge in [0.15, 0.2) is 0 Å². The van der Waals surface area contributed by atoms with Gasteiger partial charge in [0.2, 0.25) is 0 Å². The van der Waals surface area contributed by atoms with E-state index in [0.717, 1.165) is 17.3 Å². The Labute approximate surface area is 116 Å². The predicted molar refractivity (Wildman–Crippen MR) is 77.3 cm³/mol. The van der Waals surface area contributed by atoms with Crippen LogP contribution in [0.15, 0.2) is 41.3 Å². The molecule has 0 aliphatic carbocycles. The van der Waals surface area contributed by atoms with Crippen molar-refractivity contribution in [2.75, 3.05) is 11.4 Å². The fourth-order valence-corrected chi connectivity index (χ4v) is 2.02. The first-order valence-corrected chi connectivity index (χ1v) is 6.33. The summed E-state index contributed by atoms with van der Waals surface area (Å²) < 4.78 is 0. The molecule has 0 bridgehead atoms. The van der Waals surface area contributed by atoms with E-state index in [1.165, 1.54) is 6.20 Å². The smallest absolute Gasteiger partial charge is 0.263 e. The highest BCUT2D eigenvalue weighted by molar-refractivity contribution is 6.07. The molecule has 0 fully saturated rings. The van der Waals surface area contributed by atoms with Crippen LogP contribution in [-0.2, 0) is 0 Å². The predicted octanol–water partition coefficient (Wildman–Crippen LogP) is 2.06. The SMILES string of the molecule is CCN(C(=O)c1c[nH]c(=O)cc1O)c1cccc(C)c1. The quantitative estimate of drug-likeness (QED) is 0.898. The lowest BCUT2D eigenvalue weighted by molar-refractivity contribution is 0.0985. The first-order valence-electron chi connectivity index (χ1n) is 6.33. The summed E-state index contributed by atoms with van der Waals surface area (Å²) in [5, 5.41) is 9.74. The molecule has 104 valence electrons. The molecule has 0 aliphatic rings. The molecule has 5 heteroatoms. The average Bonchev–Trinajstić information content (AvgIpc) is 2.39. The molecule has 2 aromatic rings. The Balaban J connectivity index is 2.41. The first kappa shape index (κ1) is 13.9.